The molecule has 18 heavy (non-hydrogen) atoms. The lowest BCUT2D eigenvalue weighted by atomic mass is 9.96. The molecule has 0 aliphatic carbocycles. The van der Waals surface area contributed by atoms with E-state index in [9.17, 15) is 0 Å². The van der Waals surface area contributed by atoms with Gasteiger partial charge in [-0.2, -0.15) is 0 Å². The van der Waals surface area contributed by atoms with Crippen LogP contribution in [0.25, 0.3) is 0 Å². The highest BCUT2D eigenvalue weighted by molar-refractivity contribution is 4.91. The summed E-state index contributed by atoms with van der Waals surface area (Å²) in [6, 6.07) is 1.46. The Morgan fingerprint density at radius 3 is 2.72 bits per heavy atom. The van der Waals surface area contributed by atoms with E-state index in [2.05, 4.69) is 37.5 Å². The molecule has 0 aromatic rings. The highest BCUT2D eigenvalue weighted by Crippen LogP contribution is 2.25. The summed E-state index contributed by atoms with van der Waals surface area (Å²) >= 11 is 0. The van der Waals surface area contributed by atoms with E-state index in [1.165, 1.54) is 38.9 Å². The first kappa shape index (κ1) is 14.3. The van der Waals surface area contributed by atoms with E-state index >= 15 is 0 Å². The summed E-state index contributed by atoms with van der Waals surface area (Å²) in [7, 11) is 0. The summed E-state index contributed by atoms with van der Waals surface area (Å²) in [5.74, 6) is 0. The number of hydrogen-bond acceptors (Lipinski definition) is 3. The zero-order valence-corrected chi connectivity index (χ0v) is 12.6. The molecule has 2 fully saturated rings. The molecule has 0 saturated carbocycles. The van der Waals surface area contributed by atoms with Gasteiger partial charge in [-0.05, 0) is 47.1 Å². The molecule has 2 rings (SSSR count). The zero-order chi connectivity index (χ0) is 13.2. The minimum absolute atomic E-state index is 0.0140. The number of rotatable bonds is 4. The van der Waals surface area contributed by atoms with Crippen molar-refractivity contribution in [2.24, 2.45) is 0 Å². The number of hydrogen-bond donors (Lipinski definition) is 0. The van der Waals surface area contributed by atoms with Crippen LogP contribution in [0.15, 0.2) is 0 Å². The van der Waals surface area contributed by atoms with Gasteiger partial charge in [0, 0.05) is 38.3 Å². The van der Waals surface area contributed by atoms with Crippen LogP contribution in [0.3, 0.4) is 0 Å². The van der Waals surface area contributed by atoms with Gasteiger partial charge in [0.1, 0.15) is 0 Å². The SMILES string of the molecule is CCOC(C)(C)CN1CC2CCCCN2CC1C. The first-order valence-corrected chi connectivity index (χ1v) is 7.64. The third kappa shape index (κ3) is 3.46. The number of piperidine rings is 1. The van der Waals surface area contributed by atoms with Crippen LogP contribution in [-0.4, -0.2) is 60.3 Å². The van der Waals surface area contributed by atoms with Crippen molar-refractivity contribution in [1.29, 1.82) is 0 Å². The number of piperazine rings is 1. The van der Waals surface area contributed by atoms with E-state index in [4.69, 9.17) is 4.74 Å². The number of ether oxygens (including phenoxy) is 1. The molecular weight excluding hydrogens is 224 g/mol. The fraction of sp³-hybridized carbons (Fsp3) is 1.00. The van der Waals surface area contributed by atoms with Crippen molar-refractivity contribution in [1.82, 2.24) is 9.80 Å². The first-order chi connectivity index (χ1) is 8.52. The predicted molar refractivity (Wildman–Crippen MR) is 76.0 cm³/mol. The largest absolute Gasteiger partial charge is 0.375 e. The van der Waals surface area contributed by atoms with Gasteiger partial charge in [0.2, 0.25) is 0 Å². The highest BCUT2D eigenvalue weighted by atomic mass is 16.5. The smallest absolute Gasteiger partial charge is 0.0752 e. The van der Waals surface area contributed by atoms with Crippen LogP contribution in [0.1, 0.15) is 47.0 Å². The summed E-state index contributed by atoms with van der Waals surface area (Å²) in [6.07, 6.45) is 4.20. The summed E-state index contributed by atoms with van der Waals surface area (Å²) in [6.45, 7) is 14.6. The lowest BCUT2D eigenvalue weighted by Gasteiger charge is -2.49. The van der Waals surface area contributed by atoms with Gasteiger partial charge in [-0.1, -0.05) is 6.42 Å². The molecule has 2 aliphatic heterocycles. The van der Waals surface area contributed by atoms with Gasteiger partial charge < -0.3 is 4.74 Å². The summed E-state index contributed by atoms with van der Waals surface area (Å²) < 4.78 is 5.86. The molecule has 0 spiro atoms. The molecule has 2 aliphatic rings. The summed E-state index contributed by atoms with van der Waals surface area (Å²) in [4.78, 5) is 5.35. The molecule has 3 nitrogen and oxygen atoms in total. The van der Waals surface area contributed by atoms with Gasteiger partial charge >= 0.3 is 0 Å². The Morgan fingerprint density at radius 1 is 1.22 bits per heavy atom. The molecule has 3 heteroatoms. The van der Waals surface area contributed by atoms with E-state index in [0.717, 1.165) is 19.2 Å². The van der Waals surface area contributed by atoms with Crippen LogP contribution in [-0.2, 0) is 4.74 Å². The maximum Gasteiger partial charge on any atom is 0.0752 e. The van der Waals surface area contributed by atoms with Crippen LogP contribution < -0.4 is 0 Å². The molecule has 0 bridgehead atoms. The fourth-order valence-electron chi connectivity index (χ4n) is 3.56. The Bertz CT molecular complexity index is 267. The van der Waals surface area contributed by atoms with Crippen LogP contribution in [0.5, 0.6) is 0 Å². The first-order valence-electron chi connectivity index (χ1n) is 7.64. The molecule has 0 aromatic carbocycles. The second-order valence-corrected chi connectivity index (χ2v) is 6.62. The zero-order valence-electron chi connectivity index (χ0n) is 12.6. The second-order valence-electron chi connectivity index (χ2n) is 6.62. The van der Waals surface area contributed by atoms with E-state index in [-0.39, 0.29) is 5.60 Å². The van der Waals surface area contributed by atoms with Gasteiger partial charge in [-0.3, -0.25) is 9.80 Å². The van der Waals surface area contributed by atoms with Crippen LogP contribution >= 0.6 is 0 Å². The van der Waals surface area contributed by atoms with Gasteiger partial charge in [-0.15, -0.1) is 0 Å². The van der Waals surface area contributed by atoms with Crippen molar-refractivity contribution < 1.29 is 4.74 Å². The highest BCUT2D eigenvalue weighted by Gasteiger charge is 2.35. The Balaban J connectivity index is 1.92. The third-order valence-electron chi connectivity index (χ3n) is 4.44. The molecule has 2 unspecified atom stereocenters. The lowest BCUT2D eigenvalue weighted by Crippen LogP contribution is -2.60. The maximum atomic E-state index is 5.86. The number of nitrogens with zero attached hydrogens (tertiary/aromatic N) is 2. The molecular formula is C15H30N2O. The van der Waals surface area contributed by atoms with Crippen LogP contribution in [0.2, 0.25) is 0 Å². The van der Waals surface area contributed by atoms with Crippen molar-refractivity contribution in [3.05, 3.63) is 0 Å². The lowest BCUT2D eigenvalue weighted by molar-refractivity contribution is -0.0660. The molecule has 2 heterocycles. The van der Waals surface area contributed by atoms with E-state index < -0.39 is 0 Å². The van der Waals surface area contributed by atoms with Crippen molar-refractivity contribution >= 4 is 0 Å². The van der Waals surface area contributed by atoms with E-state index in [1.54, 1.807) is 0 Å². The van der Waals surface area contributed by atoms with Crippen molar-refractivity contribution in [2.75, 3.05) is 32.8 Å². The Kier molecular flexibility index (Phi) is 4.68. The minimum atomic E-state index is -0.0140. The van der Waals surface area contributed by atoms with Crippen LogP contribution in [0.4, 0.5) is 0 Å². The average Bonchev–Trinajstić information content (AvgIpc) is 2.29. The monoisotopic (exact) mass is 254 g/mol. The van der Waals surface area contributed by atoms with Gasteiger partial charge in [0.15, 0.2) is 0 Å². The maximum absolute atomic E-state index is 5.86. The van der Waals surface area contributed by atoms with Crippen molar-refractivity contribution in [3.63, 3.8) is 0 Å². The Hall–Kier alpha value is -0.120. The molecule has 0 N–H and O–H groups in total. The number of fused-ring (bicyclic) bond motifs is 1. The molecule has 2 atom stereocenters. The Morgan fingerprint density at radius 2 is 2.00 bits per heavy atom. The predicted octanol–water partition coefficient (Wildman–Crippen LogP) is 2.36. The standard InChI is InChI=1S/C15H30N2O/c1-5-18-15(3,4)12-17-11-14-8-6-7-9-16(14)10-13(17)2/h13-14H,5-12H2,1-4H3. The normalized spacial score (nSPS) is 31.3. The molecule has 0 aromatic heterocycles. The molecule has 2 saturated heterocycles. The average molecular weight is 254 g/mol. The molecule has 0 radical (unpaired) electrons. The van der Waals surface area contributed by atoms with Crippen LogP contribution in [0, 0.1) is 0 Å². The van der Waals surface area contributed by atoms with Gasteiger partial charge in [-0.25, -0.2) is 0 Å². The molecule has 0 amide bonds. The quantitative estimate of drug-likeness (QED) is 0.766. The second kappa shape index (κ2) is 5.89. The van der Waals surface area contributed by atoms with Crippen molar-refractivity contribution in [3.8, 4) is 0 Å². The minimum Gasteiger partial charge on any atom is -0.375 e. The van der Waals surface area contributed by atoms with E-state index in [0.29, 0.717) is 6.04 Å². The summed E-state index contributed by atoms with van der Waals surface area (Å²) in [5, 5.41) is 0. The van der Waals surface area contributed by atoms with Crippen molar-refractivity contribution in [2.45, 2.75) is 64.6 Å². The van der Waals surface area contributed by atoms with E-state index in [1.807, 2.05) is 0 Å². The fourth-order valence-corrected chi connectivity index (χ4v) is 3.56. The van der Waals surface area contributed by atoms with Gasteiger partial charge in [0.05, 0.1) is 5.60 Å². The third-order valence-corrected chi connectivity index (χ3v) is 4.44. The van der Waals surface area contributed by atoms with Gasteiger partial charge in [0.25, 0.3) is 0 Å². The topological polar surface area (TPSA) is 15.7 Å². The molecule has 106 valence electrons. The summed E-state index contributed by atoms with van der Waals surface area (Å²) in [5.41, 5.74) is -0.0140. The Labute approximate surface area is 112 Å².